The summed E-state index contributed by atoms with van der Waals surface area (Å²) in [6.45, 7) is 2.74. The van der Waals surface area contributed by atoms with Crippen molar-refractivity contribution in [1.29, 1.82) is 0 Å². The van der Waals surface area contributed by atoms with Gasteiger partial charge in [0, 0.05) is 0 Å². The maximum Gasteiger partial charge on any atom is 0.392 e. The van der Waals surface area contributed by atoms with Gasteiger partial charge in [-0.1, -0.05) is 6.58 Å². The molecule has 0 aromatic rings. The van der Waals surface area contributed by atoms with Crippen LogP contribution in [0.4, 0.5) is 30.7 Å². The first-order chi connectivity index (χ1) is 6.61. The normalized spacial score (nSPS) is 15.2. The highest BCUT2D eigenvalue weighted by molar-refractivity contribution is 4.84. The van der Waals surface area contributed by atoms with Gasteiger partial charge in [0.05, 0.1) is 12.7 Å². The second-order valence-electron chi connectivity index (χ2n) is 2.59. The zero-order chi connectivity index (χ0) is 12.3. The van der Waals surface area contributed by atoms with E-state index in [1.807, 2.05) is 0 Å². The summed E-state index contributed by atoms with van der Waals surface area (Å²) in [7, 11) is 0. The van der Waals surface area contributed by atoms with Crippen molar-refractivity contribution < 1.29 is 35.5 Å². The fourth-order valence-corrected chi connectivity index (χ4v) is 0.742. The van der Waals surface area contributed by atoms with Gasteiger partial charge in [-0.25, -0.2) is 8.78 Å². The molecule has 0 aliphatic heterocycles. The Kier molecular flexibility index (Phi) is 4.42. The molecular weight excluding hydrogens is 233 g/mol. The van der Waals surface area contributed by atoms with Gasteiger partial charge in [0.25, 0.3) is 0 Å². The summed E-state index contributed by atoms with van der Waals surface area (Å²) < 4.78 is 87.4. The highest BCUT2D eigenvalue weighted by Crippen LogP contribution is 2.35. The van der Waals surface area contributed by atoms with Crippen LogP contribution in [-0.2, 0) is 4.74 Å². The van der Waals surface area contributed by atoms with Gasteiger partial charge in [-0.15, -0.1) is 0 Å². The second-order valence-corrected chi connectivity index (χ2v) is 2.59. The number of hydrogen-bond donors (Lipinski definition) is 0. The number of ether oxygens (including phenoxy) is 1. The van der Waals surface area contributed by atoms with Crippen molar-refractivity contribution in [2.24, 2.45) is 0 Å². The first-order valence-corrected chi connectivity index (χ1v) is 3.60. The summed E-state index contributed by atoms with van der Waals surface area (Å²) in [4.78, 5) is 0. The fraction of sp³-hybridized carbons (Fsp3) is 0.714. The number of hydrogen-bond acceptors (Lipinski definition) is 1. The Hall–Kier alpha value is -0.950. The zero-order valence-electron chi connectivity index (χ0n) is 7.20. The topological polar surface area (TPSA) is 9.23 Å². The third kappa shape index (κ3) is 4.39. The molecule has 8 heteroatoms. The Balaban J connectivity index is 4.72. The van der Waals surface area contributed by atoms with E-state index in [9.17, 15) is 30.7 Å². The SMILES string of the molecule is C=COC(CC(F)(F)F)C(F)(F)C(F)F. The molecule has 15 heavy (non-hydrogen) atoms. The van der Waals surface area contributed by atoms with E-state index in [1.165, 1.54) is 0 Å². The largest absolute Gasteiger partial charge is 0.492 e. The Morgan fingerprint density at radius 2 is 1.60 bits per heavy atom. The lowest BCUT2D eigenvalue weighted by Gasteiger charge is -2.26. The van der Waals surface area contributed by atoms with Crippen molar-refractivity contribution in [3.05, 3.63) is 12.8 Å². The van der Waals surface area contributed by atoms with E-state index in [-0.39, 0.29) is 6.26 Å². The summed E-state index contributed by atoms with van der Waals surface area (Å²) in [5, 5.41) is 0. The molecule has 0 radical (unpaired) electrons. The lowest BCUT2D eigenvalue weighted by Crippen LogP contribution is -2.43. The van der Waals surface area contributed by atoms with Crippen LogP contribution in [0.15, 0.2) is 12.8 Å². The predicted octanol–water partition coefficient (Wildman–Crippen LogP) is 3.37. The van der Waals surface area contributed by atoms with Gasteiger partial charge in [0.1, 0.15) is 0 Å². The maximum atomic E-state index is 12.5. The molecule has 0 heterocycles. The molecule has 0 amide bonds. The molecule has 0 rings (SSSR count). The van der Waals surface area contributed by atoms with Crippen molar-refractivity contribution >= 4 is 0 Å². The molecular formula is C7H7F7O. The van der Waals surface area contributed by atoms with Gasteiger partial charge >= 0.3 is 18.5 Å². The van der Waals surface area contributed by atoms with E-state index >= 15 is 0 Å². The molecule has 1 atom stereocenters. The van der Waals surface area contributed by atoms with Gasteiger partial charge in [0.15, 0.2) is 6.10 Å². The minimum Gasteiger partial charge on any atom is -0.492 e. The molecule has 0 saturated carbocycles. The molecule has 0 saturated heterocycles. The molecule has 0 aliphatic carbocycles. The summed E-state index contributed by atoms with van der Waals surface area (Å²) in [6, 6.07) is 0. The van der Waals surface area contributed by atoms with E-state index in [1.54, 1.807) is 0 Å². The average molecular weight is 240 g/mol. The standard InChI is InChI=1S/C7H7F7O/c1-2-15-4(3-6(10,11)12)7(13,14)5(8)9/h2,4-5H,1,3H2. The summed E-state index contributed by atoms with van der Waals surface area (Å²) in [6.07, 6.45) is -14.1. The summed E-state index contributed by atoms with van der Waals surface area (Å²) in [5.74, 6) is -4.87. The molecule has 0 aromatic heterocycles. The van der Waals surface area contributed by atoms with E-state index in [2.05, 4.69) is 11.3 Å². The second kappa shape index (κ2) is 4.71. The fourth-order valence-electron chi connectivity index (χ4n) is 0.742. The minimum absolute atomic E-state index is 0.271. The van der Waals surface area contributed by atoms with Crippen LogP contribution in [0.1, 0.15) is 6.42 Å². The van der Waals surface area contributed by atoms with Crippen LogP contribution < -0.4 is 0 Å². The molecule has 0 N–H and O–H groups in total. The van der Waals surface area contributed by atoms with E-state index in [4.69, 9.17) is 0 Å². The number of alkyl halides is 7. The maximum absolute atomic E-state index is 12.5. The van der Waals surface area contributed by atoms with E-state index in [0.29, 0.717) is 0 Å². The summed E-state index contributed by atoms with van der Waals surface area (Å²) in [5.41, 5.74) is 0. The van der Waals surface area contributed by atoms with Crippen molar-refractivity contribution in [1.82, 2.24) is 0 Å². The predicted molar refractivity (Wildman–Crippen MR) is 36.7 cm³/mol. The minimum atomic E-state index is -5.02. The highest BCUT2D eigenvalue weighted by atomic mass is 19.4. The van der Waals surface area contributed by atoms with Crippen LogP contribution >= 0.6 is 0 Å². The van der Waals surface area contributed by atoms with Crippen molar-refractivity contribution in [2.45, 2.75) is 31.0 Å². The molecule has 0 fully saturated rings. The van der Waals surface area contributed by atoms with E-state index in [0.717, 1.165) is 0 Å². The highest BCUT2D eigenvalue weighted by Gasteiger charge is 2.54. The Labute approximate surface area is 80.5 Å². The lowest BCUT2D eigenvalue weighted by molar-refractivity contribution is -0.231. The third-order valence-corrected chi connectivity index (χ3v) is 1.40. The first kappa shape index (κ1) is 14.0. The van der Waals surface area contributed by atoms with Crippen LogP contribution in [-0.4, -0.2) is 24.6 Å². The Morgan fingerprint density at radius 3 is 1.87 bits per heavy atom. The third-order valence-electron chi connectivity index (χ3n) is 1.40. The molecule has 1 nitrogen and oxygen atoms in total. The molecule has 0 bridgehead atoms. The van der Waals surface area contributed by atoms with Crippen LogP contribution in [0, 0.1) is 0 Å². The number of rotatable bonds is 5. The molecule has 0 aromatic carbocycles. The number of halogens is 7. The molecule has 90 valence electrons. The monoisotopic (exact) mass is 240 g/mol. The summed E-state index contributed by atoms with van der Waals surface area (Å²) >= 11 is 0. The van der Waals surface area contributed by atoms with E-state index < -0.39 is 31.0 Å². The quantitative estimate of drug-likeness (QED) is 0.528. The lowest BCUT2D eigenvalue weighted by atomic mass is 10.1. The smallest absolute Gasteiger partial charge is 0.392 e. The average Bonchev–Trinajstić information content (AvgIpc) is 2.00. The zero-order valence-corrected chi connectivity index (χ0v) is 7.20. The van der Waals surface area contributed by atoms with Crippen LogP contribution in [0.5, 0.6) is 0 Å². The van der Waals surface area contributed by atoms with Gasteiger partial charge in [0.2, 0.25) is 0 Å². The molecule has 1 unspecified atom stereocenters. The molecule has 0 aliphatic rings. The van der Waals surface area contributed by atoms with Crippen LogP contribution in [0.2, 0.25) is 0 Å². The van der Waals surface area contributed by atoms with Crippen LogP contribution in [0.25, 0.3) is 0 Å². The van der Waals surface area contributed by atoms with Crippen molar-refractivity contribution in [3.63, 3.8) is 0 Å². The Morgan fingerprint density at radius 1 is 1.13 bits per heavy atom. The molecule has 0 spiro atoms. The van der Waals surface area contributed by atoms with Gasteiger partial charge in [-0.3, -0.25) is 0 Å². The van der Waals surface area contributed by atoms with Crippen LogP contribution in [0.3, 0.4) is 0 Å². The van der Waals surface area contributed by atoms with Crippen molar-refractivity contribution in [2.75, 3.05) is 0 Å². The van der Waals surface area contributed by atoms with Gasteiger partial charge in [-0.05, 0) is 0 Å². The van der Waals surface area contributed by atoms with Gasteiger partial charge in [-0.2, -0.15) is 22.0 Å². The first-order valence-electron chi connectivity index (χ1n) is 3.60. The van der Waals surface area contributed by atoms with Crippen molar-refractivity contribution in [3.8, 4) is 0 Å². The van der Waals surface area contributed by atoms with Gasteiger partial charge < -0.3 is 4.74 Å². The Bertz CT molecular complexity index is 210.